The molecule has 5 heteroatoms. The number of nitrogens with one attached hydrogen (secondary N) is 1. The van der Waals surface area contributed by atoms with Gasteiger partial charge in [-0.25, -0.2) is 4.98 Å². The van der Waals surface area contributed by atoms with Crippen molar-refractivity contribution in [3.05, 3.63) is 28.9 Å². The van der Waals surface area contributed by atoms with Gasteiger partial charge in [-0.3, -0.25) is 0 Å². The molecule has 2 aromatic heterocycles. The summed E-state index contributed by atoms with van der Waals surface area (Å²) < 4.78 is 7.49. The zero-order valence-electron chi connectivity index (χ0n) is 11.9. The van der Waals surface area contributed by atoms with Crippen LogP contribution in [0, 0.1) is 20.8 Å². The number of aromatic nitrogens is 3. The van der Waals surface area contributed by atoms with Gasteiger partial charge in [0, 0.05) is 17.8 Å². The molecule has 0 aliphatic heterocycles. The molecule has 3 rings (SSSR count). The average Bonchev–Trinajstić information content (AvgIpc) is 3.04. The second-order valence-electron chi connectivity index (χ2n) is 5.45. The third-order valence-corrected chi connectivity index (χ3v) is 3.66. The summed E-state index contributed by atoms with van der Waals surface area (Å²) in [6.07, 6.45) is 4.63. The highest BCUT2D eigenvalue weighted by Crippen LogP contribution is 2.38. The van der Waals surface area contributed by atoms with Crippen molar-refractivity contribution < 1.29 is 4.52 Å². The summed E-state index contributed by atoms with van der Waals surface area (Å²) in [4.78, 5) is 4.58. The molecule has 1 fully saturated rings. The summed E-state index contributed by atoms with van der Waals surface area (Å²) in [5.74, 6) is 1.83. The summed E-state index contributed by atoms with van der Waals surface area (Å²) in [6.45, 7) is 8.08. The minimum Gasteiger partial charge on any atom is -0.361 e. The van der Waals surface area contributed by atoms with E-state index in [1.807, 2.05) is 20.8 Å². The van der Waals surface area contributed by atoms with E-state index in [2.05, 4.69) is 33.1 Å². The fourth-order valence-electron chi connectivity index (χ4n) is 2.63. The molecule has 1 saturated carbocycles. The second kappa shape index (κ2) is 4.40. The molecule has 0 saturated heterocycles. The van der Waals surface area contributed by atoms with Crippen molar-refractivity contribution in [2.24, 2.45) is 0 Å². The van der Waals surface area contributed by atoms with Crippen molar-refractivity contribution in [2.75, 3.05) is 5.32 Å². The van der Waals surface area contributed by atoms with Crippen LogP contribution in [0.4, 0.5) is 5.95 Å². The van der Waals surface area contributed by atoms with E-state index in [0.29, 0.717) is 6.04 Å². The Hall–Kier alpha value is -1.78. The monoisotopic (exact) mass is 260 g/mol. The van der Waals surface area contributed by atoms with Gasteiger partial charge in [0.05, 0.1) is 17.4 Å². The van der Waals surface area contributed by atoms with Gasteiger partial charge in [0.2, 0.25) is 5.95 Å². The van der Waals surface area contributed by atoms with Gasteiger partial charge in [-0.1, -0.05) is 5.16 Å². The third kappa shape index (κ3) is 2.25. The van der Waals surface area contributed by atoms with Crippen molar-refractivity contribution in [1.82, 2.24) is 14.7 Å². The molecule has 5 nitrogen and oxygen atoms in total. The van der Waals surface area contributed by atoms with Crippen LogP contribution in [0.15, 0.2) is 10.7 Å². The van der Waals surface area contributed by atoms with Crippen LogP contribution in [-0.2, 0) is 0 Å². The molecule has 1 N–H and O–H groups in total. The molecule has 0 bridgehead atoms. The van der Waals surface area contributed by atoms with Gasteiger partial charge in [-0.05, 0) is 40.5 Å². The van der Waals surface area contributed by atoms with Gasteiger partial charge in [0.15, 0.2) is 0 Å². The molecular weight excluding hydrogens is 240 g/mol. The summed E-state index contributed by atoms with van der Waals surface area (Å²) in [7, 11) is 0. The fraction of sp³-hybridized carbons (Fsp3) is 0.571. The topological polar surface area (TPSA) is 55.9 Å². The van der Waals surface area contributed by atoms with E-state index in [1.165, 1.54) is 12.8 Å². The maximum absolute atomic E-state index is 5.23. The quantitative estimate of drug-likeness (QED) is 0.916. The Morgan fingerprint density at radius 1 is 1.37 bits per heavy atom. The number of hydrogen-bond acceptors (Lipinski definition) is 4. The standard InChI is InChI=1S/C14H20N4O/c1-8-7-18(12-5-6-12)14(15-8)16-9(2)13-10(3)17-19-11(13)4/h7,9,12H,5-6H2,1-4H3,(H,15,16). The molecule has 19 heavy (non-hydrogen) atoms. The first-order valence-electron chi connectivity index (χ1n) is 6.81. The highest BCUT2D eigenvalue weighted by Gasteiger charge is 2.27. The Kier molecular flexibility index (Phi) is 2.84. The predicted molar refractivity (Wildman–Crippen MR) is 73.2 cm³/mol. The maximum atomic E-state index is 5.23. The van der Waals surface area contributed by atoms with E-state index in [0.717, 1.165) is 28.7 Å². The molecule has 2 aromatic rings. The Bertz CT molecular complexity index is 575. The first kappa shape index (κ1) is 12.3. The van der Waals surface area contributed by atoms with Crippen LogP contribution in [0.25, 0.3) is 0 Å². The highest BCUT2D eigenvalue weighted by atomic mass is 16.5. The lowest BCUT2D eigenvalue weighted by atomic mass is 10.1. The SMILES string of the molecule is Cc1cn(C2CC2)c(NC(C)c2c(C)noc2C)n1. The van der Waals surface area contributed by atoms with Gasteiger partial charge in [-0.2, -0.15) is 0 Å². The van der Waals surface area contributed by atoms with Crippen LogP contribution in [0.3, 0.4) is 0 Å². The van der Waals surface area contributed by atoms with E-state index in [-0.39, 0.29) is 6.04 Å². The van der Waals surface area contributed by atoms with Gasteiger partial charge in [-0.15, -0.1) is 0 Å². The molecule has 0 aromatic carbocycles. The van der Waals surface area contributed by atoms with Crippen LogP contribution in [-0.4, -0.2) is 14.7 Å². The smallest absolute Gasteiger partial charge is 0.203 e. The lowest BCUT2D eigenvalue weighted by Crippen LogP contribution is -2.12. The molecule has 1 aliphatic carbocycles. The Labute approximate surface area is 113 Å². The predicted octanol–water partition coefficient (Wildman–Crippen LogP) is 3.30. The van der Waals surface area contributed by atoms with Gasteiger partial charge >= 0.3 is 0 Å². The number of aryl methyl sites for hydroxylation is 3. The molecular formula is C14H20N4O. The van der Waals surface area contributed by atoms with Gasteiger partial charge < -0.3 is 14.4 Å². The summed E-state index contributed by atoms with van der Waals surface area (Å²) >= 11 is 0. The van der Waals surface area contributed by atoms with Crippen molar-refractivity contribution in [3.63, 3.8) is 0 Å². The van der Waals surface area contributed by atoms with Crippen molar-refractivity contribution in [1.29, 1.82) is 0 Å². The average molecular weight is 260 g/mol. The molecule has 2 heterocycles. The van der Waals surface area contributed by atoms with Crippen molar-refractivity contribution in [3.8, 4) is 0 Å². The summed E-state index contributed by atoms with van der Waals surface area (Å²) in [5, 5.41) is 7.50. The van der Waals surface area contributed by atoms with E-state index < -0.39 is 0 Å². The number of rotatable bonds is 4. The molecule has 1 atom stereocenters. The lowest BCUT2D eigenvalue weighted by molar-refractivity contribution is 0.392. The van der Waals surface area contributed by atoms with E-state index >= 15 is 0 Å². The van der Waals surface area contributed by atoms with Gasteiger partial charge in [0.25, 0.3) is 0 Å². The van der Waals surface area contributed by atoms with Crippen molar-refractivity contribution in [2.45, 2.75) is 52.6 Å². The molecule has 102 valence electrons. The minimum atomic E-state index is 0.144. The fourth-order valence-corrected chi connectivity index (χ4v) is 2.63. The van der Waals surface area contributed by atoms with Gasteiger partial charge in [0.1, 0.15) is 5.76 Å². The summed E-state index contributed by atoms with van der Waals surface area (Å²) in [5.41, 5.74) is 3.13. The first-order valence-corrected chi connectivity index (χ1v) is 6.81. The van der Waals surface area contributed by atoms with Crippen LogP contribution in [0.2, 0.25) is 0 Å². The molecule has 0 radical (unpaired) electrons. The highest BCUT2D eigenvalue weighted by molar-refractivity contribution is 5.37. The lowest BCUT2D eigenvalue weighted by Gasteiger charge is -2.15. The zero-order chi connectivity index (χ0) is 13.6. The molecule has 1 aliphatic rings. The van der Waals surface area contributed by atoms with Crippen LogP contribution < -0.4 is 5.32 Å². The van der Waals surface area contributed by atoms with Crippen LogP contribution in [0.5, 0.6) is 0 Å². The normalized spacial score (nSPS) is 16.6. The molecule has 1 unspecified atom stereocenters. The third-order valence-electron chi connectivity index (χ3n) is 3.66. The zero-order valence-corrected chi connectivity index (χ0v) is 11.9. The largest absolute Gasteiger partial charge is 0.361 e. The second-order valence-corrected chi connectivity index (χ2v) is 5.45. The number of nitrogens with zero attached hydrogens (tertiary/aromatic N) is 3. The van der Waals surface area contributed by atoms with E-state index in [1.54, 1.807) is 0 Å². The van der Waals surface area contributed by atoms with E-state index in [4.69, 9.17) is 4.52 Å². The van der Waals surface area contributed by atoms with Crippen molar-refractivity contribution >= 4 is 5.95 Å². The van der Waals surface area contributed by atoms with Crippen LogP contribution in [0.1, 0.15) is 54.6 Å². The minimum absolute atomic E-state index is 0.144. The van der Waals surface area contributed by atoms with E-state index in [9.17, 15) is 0 Å². The summed E-state index contributed by atoms with van der Waals surface area (Å²) in [6, 6.07) is 0.770. The molecule has 0 amide bonds. The Morgan fingerprint density at radius 2 is 2.11 bits per heavy atom. The first-order chi connectivity index (χ1) is 9.06. The number of hydrogen-bond donors (Lipinski definition) is 1. The Morgan fingerprint density at radius 3 is 2.68 bits per heavy atom. The maximum Gasteiger partial charge on any atom is 0.203 e. The van der Waals surface area contributed by atoms with Crippen LogP contribution >= 0.6 is 0 Å². The number of anilines is 1. The Balaban J connectivity index is 1.85. The molecule has 0 spiro atoms. The number of imidazole rings is 1.